The fourth-order valence-electron chi connectivity index (χ4n) is 2.70. The largest absolute Gasteiger partial charge is 0.451 e. The second-order valence-corrected chi connectivity index (χ2v) is 6.69. The fraction of sp³-hybridized carbons (Fsp3) is 0.0500. The highest BCUT2D eigenvalue weighted by atomic mass is 32.1. The van der Waals surface area contributed by atoms with Crippen molar-refractivity contribution in [2.75, 3.05) is 5.32 Å². The monoisotopic (exact) mass is 377 g/mol. The molecule has 2 aromatic carbocycles. The highest BCUT2D eigenvalue weighted by Crippen LogP contribution is 2.21. The summed E-state index contributed by atoms with van der Waals surface area (Å²) in [6.45, 7) is 0. The molecular weight excluding hydrogens is 362 g/mol. The molecule has 2 N–H and O–H groups in total. The van der Waals surface area contributed by atoms with Gasteiger partial charge < -0.3 is 9.73 Å². The van der Waals surface area contributed by atoms with Gasteiger partial charge in [-0.05, 0) is 17.7 Å². The van der Waals surface area contributed by atoms with Gasteiger partial charge in [0.2, 0.25) is 0 Å². The molecule has 2 amide bonds. The maximum absolute atomic E-state index is 12.8. The summed E-state index contributed by atoms with van der Waals surface area (Å²) in [5.41, 5.74) is 1.28. The Balaban J connectivity index is 1.60. The minimum absolute atomic E-state index is 0.152. The molecule has 4 aromatic rings. The van der Waals surface area contributed by atoms with Crippen molar-refractivity contribution in [3.8, 4) is 0 Å². The Kier molecular flexibility index (Phi) is 4.67. The molecule has 0 radical (unpaired) electrons. The van der Waals surface area contributed by atoms with Crippen molar-refractivity contribution in [1.29, 1.82) is 0 Å². The van der Waals surface area contributed by atoms with Crippen molar-refractivity contribution in [2.24, 2.45) is 0 Å². The van der Waals surface area contributed by atoms with Crippen LogP contribution in [0.2, 0.25) is 0 Å². The highest BCUT2D eigenvalue weighted by Gasteiger charge is 2.25. The number of furan rings is 1. The van der Waals surface area contributed by atoms with E-state index in [1.807, 2.05) is 36.4 Å². The molecule has 0 aliphatic rings. The van der Waals surface area contributed by atoms with Gasteiger partial charge in [0.05, 0.1) is 0 Å². The molecule has 6 nitrogen and oxygen atoms in total. The topological polar surface area (TPSA) is 84.2 Å². The molecule has 0 saturated carbocycles. The normalized spacial score (nSPS) is 11.9. The van der Waals surface area contributed by atoms with Gasteiger partial charge in [0.25, 0.3) is 11.8 Å². The first-order chi connectivity index (χ1) is 13.2. The van der Waals surface area contributed by atoms with Crippen LogP contribution in [-0.4, -0.2) is 16.8 Å². The number of thiazole rings is 1. The van der Waals surface area contributed by atoms with Crippen molar-refractivity contribution in [3.05, 3.63) is 83.6 Å². The van der Waals surface area contributed by atoms with Gasteiger partial charge in [-0.3, -0.25) is 14.9 Å². The van der Waals surface area contributed by atoms with Crippen LogP contribution in [0.4, 0.5) is 5.13 Å². The SMILES string of the molecule is O=C(NC(C(=O)Nc1nccs1)c1ccccc1)c1cc2ccccc2o1. The molecule has 2 heterocycles. The Morgan fingerprint density at radius 1 is 1.04 bits per heavy atom. The Morgan fingerprint density at radius 3 is 2.56 bits per heavy atom. The first-order valence-electron chi connectivity index (χ1n) is 8.25. The summed E-state index contributed by atoms with van der Waals surface area (Å²) >= 11 is 1.31. The van der Waals surface area contributed by atoms with E-state index in [9.17, 15) is 9.59 Å². The minimum atomic E-state index is -0.879. The summed E-state index contributed by atoms with van der Waals surface area (Å²) < 4.78 is 5.60. The van der Waals surface area contributed by atoms with Crippen LogP contribution in [-0.2, 0) is 4.79 Å². The van der Waals surface area contributed by atoms with Gasteiger partial charge in [0, 0.05) is 17.0 Å². The molecule has 7 heteroatoms. The molecule has 0 aliphatic carbocycles. The van der Waals surface area contributed by atoms with Crippen molar-refractivity contribution in [2.45, 2.75) is 6.04 Å². The molecule has 4 rings (SSSR count). The van der Waals surface area contributed by atoms with E-state index < -0.39 is 11.9 Å². The summed E-state index contributed by atoms with van der Waals surface area (Å²) in [6, 6.07) is 17.2. The van der Waals surface area contributed by atoms with Gasteiger partial charge >= 0.3 is 0 Å². The van der Waals surface area contributed by atoms with Crippen molar-refractivity contribution in [3.63, 3.8) is 0 Å². The van der Waals surface area contributed by atoms with Gasteiger partial charge in [0.1, 0.15) is 11.6 Å². The van der Waals surface area contributed by atoms with E-state index in [4.69, 9.17) is 4.42 Å². The van der Waals surface area contributed by atoms with Crippen LogP contribution in [0.3, 0.4) is 0 Å². The van der Waals surface area contributed by atoms with Crippen LogP contribution < -0.4 is 10.6 Å². The van der Waals surface area contributed by atoms with Gasteiger partial charge in [-0.25, -0.2) is 4.98 Å². The Hall–Kier alpha value is -3.45. The quantitative estimate of drug-likeness (QED) is 0.551. The third kappa shape index (κ3) is 3.73. The van der Waals surface area contributed by atoms with Gasteiger partial charge in [-0.1, -0.05) is 48.5 Å². The number of nitrogens with one attached hydrogen (secondary N) is 2. The average Bonchev–Trinajstić information content (AvgIpc) is 3.36. The van der Waals surface area contributed by atoms with Crippen LogP contribution in [0.1, 0.15) is 22.2 Å². The number of hydrogen-bond acceptors (Lipinski definition) is 5. The predicted octanol–water partition coefficient (Wildman–Crippen LogP) is 4.00. The number of benzene rings is 2. The number of para-hydroxylation sites is 1. The smallest absolute Gasteiger partial charge is 0.287 e. The standard InChI is InChI=1S/C20H15N3O3S/c24-18(16-12-14-8-4-5-9-15(14)26-16)22-17(13-6-2-1-3-7-13)19(25)23-20-21-10-11-27-20/h1-12,17H,(H,22,24)(H,21,23,25). The van der Waals surface area contributed by atoms with Crippen molar-refractivity contribution < 1.29 is 14.0 Å². The number of anilines is 1. The van der Waals surface area contributed by atoms with Crippen LogP contribution >= 0.6 is 11.3 Å². The number of carbonyl (C=O) groups is 2. The van der Waals surface area contributed by atoms with E-state index in [-0.39, 0.29) is 11.7 Å². The lowest BCUT2D eigenvalue weighted by molar-refractivity contribution is -0.118. The van der Waals surface area contributed by atoms with Crippen molar-refractivity contribution >= 4 is 39.3 Å². The summed E-state index contributed by atoms with van der Waals surface area (Å²) in [5.74, 6) is -0.686. The second-order valence-electron chi connectivity index (χ2n) is 5.79. The summed E-state index contributed by atoms with van der Waals surface area (Å²) in [7, 11) is 0. The van der Waals surface area contributed by atoms with Gasteiger partial charge in [0.15, 0.2) is 10.9 Å². The van der Waals surface area contributed by atoms with Gasteiger partial charge in [-0.2, -0.15) is 0 Å². The third-order valence-electron chi connectivity index (χ3n) is 3.98. The zero-order valence-electron chi connectivity index (χ0n) is 14.1. The fourth-order valence-corrected chi connectivity index (χ4v) is 3.24. The second kappa shape index (κ2) is 7.43. The van der Waals surface area contributed by atoms with E-state index >= 15 is 0 Å². The number of fused-ring (bicyclic) bond motifs is 1. The zero-order valence-corrected chi connectivity index (χ0v) is 14.9. The molecule has 1 unspecified atom stereocenters. The first kappa shape index (κ1) is 17.0. The molecule has 2 aromatic heterocycles. The summed E-state index contributed by atoms with van der Waals surface area (Å²) in [4.78, 5) is 29.5. The lowest BCUT2D eigenvalue weighted by atomic mass is 10.1. The Morgan fingerprint density at radius 2 is 1.81 bits per heavy atom. The average molecular weight is 377 g/mol. The molecule has 0 spiro atoms. The zero-order chi connectivity index (χ0) is 18.6. The molecule has 134 valence electrons. The molecule has 0 aliphatic heterocycles. The summed E-state index contributed by atoms with van der Waals surface area (Å²) in [5, 5.41) is 8.54. The molecular formula is C20H15N3O3S. The maximum Gasteiger partial charge on any atom is 0.287 e. The number of amides is 2. The molecule has 0 saturated heterocycles. The number of nitrogens with zero attached hydrogens (tertiary/aromatic N) is 1. The number of aromatic nitrogens is 1. The lowest BCUT2D eigenvalue weighted by Gasteiger charge is -2.17. The number of rotatable bonds is 5. The van der Waals surface area contributed by atoms with E-state index in [0.29, 0.717) is 16.3 Å². The van der Waals surface area contributed by atoms with Crippen LogP contribution in [0.25, 0.3) is 11.0 Å². The van der Waals surface area contributed by atoms with E-state index in [1.165, 1.54) is 11.3 Å². The predicted molar refractivity (Wildman–Crippen MR) is 104 cm³/mol. The van der Waals surface area contributed by atoms with E-state index in [1.54, 1.807) is 35.8 Å². The first-order valence-corrected chi connectivity index (χ1v) is 9.13. The molecule has 1 atom stereocenters. The van der Waals surface area contributed by atoms with E-state index in [0.717, 1.165) is 5.39 Å². The minimum Gasteiger partial charge on any atom is -0.451 e. The Labute approximate surface area is 158 Å². The van der Waals surface area contributed by atoms with Gasteiger partial charge in [-0.15, -0.1) is 11.3 Å². The molecule has 0 bridgehead atoms. The molecule has 0 fully saturated rings. The van der Waals surface area contributed by atoms with E-state index in [2.05, 4.69) is 15.6 Å². The maximum atomic E-state index is 12.8. The molecule has 27 heavy (non-hydrogen) atoms. The Bertz CT molecular complexity index is 1040. The highest BCUT2D eigenvalue weighted by molar-refractivity contribution is 7.13. The van der Waals surface area contributed by atoms with Crippen LogP contribution in [0.15, 0.2) is 76.7 Å². The van der Waals surface area contributed by atoms with Crippen molar-refractivity contribution in [1.82, 2.24) is 10.3 Å². The number of carbonyl (C=O) groups excluding carboxylic acids is 2. The van der Waals surface area contributed by atoms with Crippen LogP contribution in [0.5, 0.6) is 0 Å². The third-order valence-corrected chi connectivity index (χ3v) is 4.67. The van der Waals surface area contributed by atoms with Crippen LogP contribution in [0, 0.1) is 0 Å². The lowest BCUT2D eigenvalue weighted by Crippen LogP contribution is -2.36. The summed E-state index contributed by atoms with van der Waals surface area (Å²) in [6.07, 6.45) is 1.60. The number of hydrogen-bond donors (Lipinski definition) is 2.